The third-order valence-electron chi connectivity index (χ3n) is 3.41. The number of carbonyl (C=O) groups excluding carboxylic acids is 1. The molecule has 0 spiro atoms. The van der Waals surface area contributed by atoms with Gasteiger partial charge in [0.05, 0.1) is 0 Å². The second kappa shape index (κ2) is 6.55. The number of carbonyl (C=O) groups is 1. The van der Waals surface area contributed by atoms with Crippen LogP contribution < -0.4 is 10.6 Å². The number of rotatable bonds is 2. The van der Waals surface area contributed by atoms with Gasteiger partial charge in [0.1, 0.15) is 5.69 Å². The lowest BCUT2D eigenvalue weighted by molar-refractivity contribution is 0.245. The number of hydrogen-bond donors (Lipinski definition) is 0. The van der Waals surface area contributed by atoms with Crippen LogP contribution in [0.1, 0.15) is 0 Å². The first-order chi connectivity index (χ1) is 11.9. The van der Waals surface area contributed by atoms with Crippen molar-refractivity contribution in [2.45, 2.75) is 0 Å². The molecule has 10 heteroatoms. The van der Waals surface area contributed by atoms with Crippen LogP contribution in [0.3, 0.4) is 0 Å². The monoisotopic (exact) mass is 409 g/mol. The molecule has 0 radical (unpaired) electrons. The van der Waals surface area contributed by atoms with Gasteiger partial charge in [-0.2, -0.15) is 4.68 Å². The molecular weight excluding hydrogens is 400 g/mol. The summed E-state index contributed by atoms with van der Waals surface area (Å²) in [5, 5.41) is 6.82. The average molecular weight is 410 g/mol. The molecule has 0 atom stereocenters. The van der Waals surface area contributed by atoms with Crippen LogP contribution in [-0.2, 0) is 0 Å². The van der Waals surface area contributed by atoms with E-state index in [0.717, 1.165) is 27.6 Å². The minimum Gasteiger partial charge on any atom is -0.295 e. The van der Waals surface area contributed by atoms with Crippen LogP contribution in [-0.4, -0.2) is 32.9 Å². The minimum atomic E-state index is -1.09. The molecule has 25 heavy (non-hydrogen) atoms. The molecule has 128 valence electrons. The summed E-state index contributed by atoms with van der Waals surface area (Å²) in [6.07, 6.45) is 0. The van der Waals surface area contributed by atoms with Crippen LogP contribution in [0.5, 0.6) is 0 Å². The Balaban J connectivity index is 2.00. The van der Waals surface area contributed by atoms with Crippen molar-refractivity contribution in [3.63, 3.8) is 0 Å². The Labute approximate surface area is 148 Å². The zero-order valence-electron chi connectivity index (χ0n) is 12.7. The SMILES string of the molecule is CN(C(=O)n1nnn(-c2c(F)cccc2F)c1=O)c1ccc(Br)cc1. The van der Waals surface area contributed by atoms with E-state index in [0.29, 0.717) is 15.1 Å². The van der Waals surface area contributed by atoms with Gasteiger partial charge in [0.25, 0.3) is 0 Å². The van der Waals surface area contributed by atoms with E-state index >= 15 is 0 Å². The van der Waals surface area contributed by atoms with Gasteiger partial charge in [0.15, 0.2) is 11.6 Å². The Bertz CT molecular complexity index is 980. The highest BCUT2D eigenvalue weighted by atomic mass is 79.9. The lowest BCUT2D eigenvalue weighted by atomic mass is 10.3. The van der Waals surface area contributed by atoms with E-state index in [2.05, 4.69) is 26.4 Å². The largest absolute Gasteiger partial charge is 0.377 e. The van der Waals surface area contributed by atoms with E-state index in [4.69, 9.17) is 0 Å². The maximum absolute atomic E-state index is 13.8. The van der Waals surface area contributed by atoms with Crippen LogP contribution in [0.25, 0.3) is 5.69 Å². The summed E-state index contributed by atoms with van der Waals surface area (Å²) in [6.45, 7) is 0. The highest BCUT2D eigenvalue weighted by Crippen LogP contribution is 2.18. The molecule has 3 rings (SSSR count). The first-order valence-electron chi connectivity index (χ1n) is 6.93. The average Bonchev–Trinajstić information content (AvgIpc) is 2.96. The molecule has 0 bridgehead atoms. The van der Waals surface area contributed by atoms with Crippen LogP contribution in [0.2, 0.25) is 0 Å². The molecule has 0 saturated carbocycles. The summed E-state index contributed by atoms with van der Waals surface area (Å²) in [6, 6.07) is 8.99. The summed E-state index contributed by atoms with van der Waals surface area (Å²) in [4.78, 5) is 25.9. The molecular formula is C15H10BrF2N5O2. The number of aromatic nitrogens is 4. The van der Waals surface area contributed by atoms with Crippen molar-refractivity contribution in [2.75, 3.05) is 11.9 Å². The van der Waals surface area contributed by atoms with Gasteiger partial charge < -0.3 is 0 Å². The van der Waals surface area contributed by atoms with Crippen molar-refractivity contribution in [2.24, 2.45) is 0 Å². The van der Waals surface area contributed by atoms with Crippen molar-refractivity contribution >= 4 is 27.6 Å². The van der Waals surface area contributed by atoms with Crippen LogP contribution in [0.15, 0.2) is 51.7 Å². The fourth-order valence-corrected chi connectivity index (χ4v) is 2.38. The number of amides is 1. The molecule has 1 aromatic heterocycles. The normalized spacial score (nSPS) is 10.7. The lowest BCUT2D eigenvalue weighted by Crippen LogP contribution is -2.39. The number of tetrazole rings is 1. The molecule has 0 aliphatic rings. The Morgan fingerprint density at radius 2 is 1.68 bits per heavy atom. The Kier molecular flexibility index (Phi) is 4.45. The number of hydrogen-bond acceptors (Lipinski definition) is 4. The van der Waals surface area contributed by atoms with Crippen molar-refractivity contribution in [1.82, 2.24) is 19.8 Å². The molecule has 2 aromatic carbocycles. The predicted molar refractivity (Wildman–Crippen MR) is 88.9 cm³/mol. The van der Waals surface area contributed by atoms with E-state index in [1.165, 1.54) is 7.05 Å². The molecule has 3 aromatic rings. The van der Waals surface area contributed by atoms with Crippen LogP contribution >= 0.6 is 15.9 Å². The molecule has 7 nitrogen and oxygen atoms in total. The molecule has 0 unspecified atom stereocenters. The zero-order chi connectivity index (χ0) is 18.1. The van der Waals surface area contributed by atoms with Crippen LogP contribution in [0.4, 0.5) is 19.3 Å². The van der Waals surface area contributed by atoms with E-state index < -0.39 is 29.0 Å². The number of benzene rings is 2. The smallest absolute Gasteiger partial charge is 0.295 e. The topological polar surface area (TPSA) is 73.0 Å². The van der Waals surface area contributed by atoms with Gasteiger partial charge in [-0.25, -0.2) is 18.4 Å². The van der Waals surface area contributed by atoms with Crippen molar-refractivity contribution in [1.29, 1.82) is 0 Å². The number of para-hydroxylation sites is 1. The molecule has 0 saturated heterocycles. The van der Waals surface area contributed by atoms with E-state index in [1.807, 2.05) is 0 Å². The Morgan fingerprint density at radius 1 is 1.08 bits per heavy atom. The highest BCUT2D eigenvalue weighted by Gasteiger charge is 2.23. The molecule has 0 N–H and O–H groups in total. The van der Waals surface area contributed by atoms with Crippen molar-refractivity contribution in [3.8, 4) is 5.69 Å². The molecule has 1 amide bonds. The van der Waals surface area contributed by atoms with E-state index in [-0.39, 0.29) is 0 Å². The quantitative estimate of drug-likeness (QED) is 0.609. The standard InChI is InChI=1S/C15H10BrF2N5O2/c1-21(10-7-5-9(16)6-8-10)14(24)23-15(25)22(19-20-23)13-11(17)3-2-4-12(13)18/h2-8H,1H3. The second-order valence-electron chi connectivity index (χ2n) is 4.97. The first-order valence-corrected chi connectivity index (χ1v) is 7.72. The van der Waals surface area contributed by atoms with Gasteiger partial charge in [-0.3, -0.25) is 4.90 Å². The second-order valence-corrected chi connectivity index (χ2v) is 5.89. The number of nitrogens with zero attached hydrogens (tertiary/aromatic N) is 5. The molecule has 0 aliphatic heterocycles. The van der Waals surface area contributed by atoms with Gasteiger partial charge in [0.2, 0.25) is 0 Å². The van der Waals surface area contributed by atoms with Crippen molar-refractivity contribution < 1.29 is 13.6 Å². The lowest BCUT2D eigenvalue weighted by Gasteiger charge is -2.15. The fraction of sp³-hybridized carbons (Fsp3) is 0.0667. The Hall–Kier alpha value is -2.88. The maximum Gasteiger partial charge on any atom is 0.377 e. The van der Waals surface area contributed by atoms with Gasteiger partial charge in [-0.1, -0.05) is 22.0 Å². The van der Waals surface area contributed by atoms with Crippen molar-refractivity contribution in [3.05, 3.63) is 69.1 Å². The number of halogens is 3. The predicted octanol–water partition coefficient (Wildman–Crippen LogP) is 2.57. The summed E-state index contributed by atoms with van der Waals surface area (Å²) in [5.74, 6) is -1.99. The summed E-state index contributed by atoms with van der Waals surface area (Å²) < 4.78 is 29.3. The van der Waals surface area contributed by atoms with E-state index in [9.17, 15) is 18.4 Å². The Morgan fingerprint density at radius 3 is 2.28 bits per heavy atom. The third kappa shape index (κ3) is 3.07. The van der Waals surface area contributed by atoms with Gasteiger partial charge in [0, 0.05) is 17.2 Å². The molecule has 0 aliphatic carbocycles. The fourth-order valence-electron chi connectivity index (χ4n) is 2.12. The van der Waals surface area contributed by atoms with Gasteiger partial charge in [-0.05, 0) is 46.8 Å². The summed E-state index contributed by atoms with van der Waals surface area (Å²) in [7, 11) is 1.43. The molecule has 0 fully saturated rings. The van der Waals surface area contributed by atoms with E-state index in [1.54, 1.807) is 24.3 Å². The first kappa shape index (κ1) is 17.0. The van der Waals surface area contributed by atoms with Gasteiger partial charge in [-0.15, -0.1) is 4.68 Å². The minimum absolute atomic E-state index is 0.401. The van der Waals surface area contributed by atoms with Gasteiger partial charge >= 0.3 is 11.7 Å². The van der Waals surface area contributed by atoms with Crippen LogP contribution in [0, 0.1) is 11.6 Å². The highest BCUT2D eigenvalue weighted by molar-refractivity contribution is 9.10. The molecule has 1 heterocycles. The number of anilines is 1. The summed E-state index contributed by atoms with van der Waals surface area (Å²) in [5.41, 5.74) is -1.29. The third-order valence-corrected chi connectivity index (χ3v) is 3.94. The maximum atomic E-state index is 13.8. The summed E-state index contributed by atoms with van der Waals surface area (Å²) >= 11 is 3.28. The zero-order valence-corrected chi connectivity index (χ0v) is 14.3.